The maximum Gasteiger partial charge on any atom is 0.240 e. The van der Waals surface area contributed by atoms with E-state index in [-0.39, 0.29) is 4.90 Å². The average Bonchev–Trinajstić information content (AvgIpc) is 2.68. The van der Waals surface area contributed by atoms with E-state index in [2.05, 4.69) is 19.7 Å². The maximum absolute atomic E-state index is 12.7. The summed E-state index contributed by atoms with van der Waals surface area (Å²) in [5.41, 5.74) is 10.4. The standard InChI is InChI=1S/C21H26N6O2S/c1-14-5-6-17(30(28,29)25-9-10-27(3)4)12-18(14)19-13-24-21(22)20(26-19)16-7-8-23-15(2)11-16/h5-8,11-13,25H,9-10H2,1-4H3,(H2,22,24). The molecular formula is C21H26N6O2S. The molecular weight excluding hydrogens is 400 g/mol. The number of rotatable bonds is 7. The van der Waals surface area contributed by atoms with Crippen molar-refractivity contribution in [3.63, 3.8) is 0 Å². The van der Waals surface area contributed by atoms with E-state index in [0.717, 1.165) is 16.8 Å². The first kappa shape index (κ1) is 21.8. The number of anilines is 1. The van der Waals surface area contributed by atoms with Crippen molar-refractivity contribution in [2.45, 2.75) is 18.7 Å². The molecule has 30 heavy (non-hydrogen) atoms. The van der Waals surface area contributed by atoms with Crippen LogP contribution in [0.2, 0.25) is 0 Å². The summed E-state index contributed by atoms with van der Waals surface area (Å²) in [6.45, 7) is 4.72. The number of hydrogen-bond acceptors (Lipinski definition) is 7. The lowest BCUT2D eigenvalue weighted by atomic mass is 10.1. The molecule has 8 nitrogen and oxygen atoms in total. The fraction of sp³-hybridized carbons (Fsp3) is 0.286. The van der Waals surface area contributed by atoms with Gasteiger partial charge >= 0.3 is 0 Å². The third-order valence-corrected chi connectivity index (χ3v) is 6.08. The van der Waals surface area contributed by atoms with Gasteiger partial charge in [-0.1, -0.05) is 6.07 Å². The van der Waals surface area contributed by atoms with E-state index in [9.17, 15) is 8.42 Å². The number of pyridine rings is 1. The fourth-order valence-electron chi connectivity index (χ4n) is 2.96. The second-order valence-corrected chi connectivity index (χ2v) is 9.12. The number of nitrogen functional groups attached to an aromatic ring is 1. The van der Waals surface area contributed by atoms with Gasteiger partial charge in [0.05, 0.1) is 16.8 Å². The van der Waals surface area contributed by atoms with Gasteiger partial charge in [-0.3, -0.25) is 4.98 Å². The molecule has 158 valence electrons. The number of benzene rings is 1. The molecule has 3 aromatic rings. The molecule has 0 saturated heterocycles. The van der Waals surface area contributed by atoms with Crippen molar-refractivity contribution in [1.82, 2.24) is 24.6 Å². The number of aromatic nitrogens is 3. The molecule has 0 bridgehead atoms. The summed E-state index contributed by atoms with van der Waals surface area (Å²) in [5.74, 6) is 0.302. The Morgan fingerprint density at radius 3 is 2.57 bits per heavy atom. The van der Waals surface area contributed by atoms with Gasteiger partial charge in [0.25, 0.3) is 0 Å². The van der Waals surface area contributed by atoms with Gasteiger partial charge in [-0.05, 0) is 57.8 Å². The molecule has 3 rings (SSSR count). The molecule has 0 unspecified atom stereocenters. The highest BCUT2D eigenvalue weighted by molar-refractivity contribution is 7.89. The monoisotopic (exact) mass is 426 g/mol. The number of aryl methyl sites for hydroxylation is 2. The SMILES string of the molecule is Cc1cc(-c2nc(-c3cc(S(=O)(=O)NCCN(C)C)ccc3C)cnc2N)ccn1. The molecule has 0 aliphatic heterocycles. The Balaban J connectivity index is 2.00. The molecule has 0 atom stereocenters. The zero-order valence-corrected chi connectivity index (χ0v) is 18.4. The zero-order valence-electron chi connectivity index (χ0n) is 17.5. The van der Waals surface area contributed by atoms with Crippen molar-refractivity contribution in [2.24, 2.45) is 0 Å². The molecule has 0 saturated carbocycles. The van der Waals surface area contributed by atoms with E-state index < -0.39 is 10.0 Å². The van der Waals surface area contributed by atoms with Crippen molar-refractivity contribution in [2.75, 3.05) is 32.9 Å². The lowest BCUT2D eigenvalue weighted by Gasteiger charge is -2.13. The number of likely N-dealkylation sites (N-methyl/N-ethyl adjacent to an activating group) is 1. The molecule has 1 aromatic carbocycles. The summed E-state index contributed by atoms with van der Waals surface area (Å²) >= 11 is 0. The van der Waals surface area contributed by atoms with Gasteiger partial charge in [0.15, 0.2) is 0 Å². The van der Waals surface area contributed by atoms with Gasteiger partial charge in [0, 0.05) is 36.1 Å². The van der Waals surface area contributed by atoms with Crippen LogP contribution in [0, 0.1) is 13.8 Å². The highest BCUT2D eigenvalue weighted by Crippen LogP contribution is 2.29. The first-order valence-electron chi connectivity index (χ1n) is 9.48. The van der Waals surface area contributed by atoms with Crippen molar-refractivity contribution in [3.05, 3.63) is 54.0 Å². The molecule has 0 aliphatic carbocycles. The second kappa shape index (κ2) is 8.86. The largest absolute Gasteiger partial charge is 0.382 e. The topological polar surface area (TPSA) is 114 Å². The molecule has 0 radical (unpaired) electrons. The van der Waals surface area contributed by atoms with Gasteiger partial charge < -0.3 is 10.6 Å². The van der Waals surface area contributed by atoms with Crippen LogP contribution in [0.15, 0.2) is 47.6 Å². The van der Waals surface area contributed by atoms with Crippen molar-refractivity contribution >= 4 is 15.8 Å². The number of nitrogens with one attached hydrogen (secondary N) is 1. The van der Waals surface area contributed by atoms with Crippen LogP contribution in [0.3, 0.4) is 0 Å². The first-order valence-corrected chi connectivity index (χ1v) is 11.0. The third kappa shape index (κ3) is 4.99. The number of sulfonamides is 1. The van der Waals surface area contributed by atoms with Crippen LogP contribution in [0.25, 0.3) is 22.5 Å². The summed E-state index contributed by atoms with van der Waals surface area (Å²) in [5, 5.41) is 0. The molecule has 2 heterocycles. The highest BCUT2D eigenvalue weighted by atomic mass is 32.2. The van der Waals surface area contributed by atoms with Crippen LogP contribution in [-0.2, 0) is 10.0 Å². The number of nitrogens with two attached hydrogens (primary N) is 1. The number of nitrogens with zero attached hydrogens (tertiary/aromatic N) is 4. The smallest absolute Gasteiger partial charge is 0.240 e. The van der Waals surface area contributed by atoms with Crippen molar-refractivity contribution in [1.29, 1.82) is 0 Å². The first-order chi connectivity index (χ1) is 14.2. The van der Waals surface area contributed by atoms with E-state index in [4.69, 9.17) is 5.73 Å². The van der Waals surface area contributed by atoms with E-state index in [1.807, 2.05) is 45.0 Å². The molecule has 0 fully saturated rings. The average molecular weight is 427 g/mol. The Labute approximate surface area is 177 Å². The van der Waals surface area contributed by atoms with Crippen molar-refractivity contribution in [3.8, 4) is 22.5 Å². The zero-order chi connectivity index (χ0) is 21.9. The van der Waals surface area contributed by atoms with E-state index in [0.29, 0.717) is 35.9 Å². The van der Waals surface area contributed by atoms with Crippen LogP contribution in [0.4, 0.5) is 5.82 Å². The van der Waals surface area contributed by atoms with E-state index in [1.54, 1.807) is 30.6 Å². The lowest BCUT2D eigenvalue weighted by molar-refractivity contribution is 0.412. The third-order valence-electron chi connectivity index (χ3n) is 4.62. The summed E-state index contributed by atoms with van der Waals surface area (Å²) in [7, 11) is 0.141. The summed E-state index contributed by atoms with van der Waals surface area (Å²) < 4.78 is 28.0. The van der Waals surface area contributed by atoms with Crippen LogP contribution in [0.1, 0.15) is 11.3 Å². The predicted molar refractivity (Wildman–Crippen MR) is 118 cm³/mol. The van der Waals surface area contributed by atoms with Crippen LogP contribution < -0.4 is 10.5 Å². The summed E-state index contributed by atoms with van der Waals surface area (Å²) in [6.07, 6.45) is 3.25. The fourth-order valence-corrected chi connectivity index (χ4v) is 4.01. The molecule has 0 spiro atoms. The van der Waals surface area contributed by atoms with Crippen molar-refractivity contribution < 1.29 is 8.42 Å². The van der Waals surface area contributed by atoms with E-state index >= 15 is 0 Å². The molecule has 2 aromatic heterocycles. The molecule has 0 aliphatic rings. The minimum absolute atomic E-state index is 0.182. The second-order valence-electron chi connectivity index (χ2n) is 7.35. The highest BCUT2D eigenvalue weighted by Gasteiger charge is 2.17. The molecule has 9 heteroatoms. The Kier molecular flexibility index (Phi) is 6.45. The lowest BCUT2D eigenvalue weighted by Crippen LogP contribution is -2.31. The van der Waals surface area contributed by atoms with Crippen LogP contribution in [0.5, 0.6) is 0 Å². The quantitative estimate of drug-likeness (QED) is 0.595. The van der Waals surface area contributed by atoms with Crippen LogP contribution >= 0.6 is 0 Å². The maximum atomic E-state index is 12.7. The normalized spacial score (nSPS) is 11.8. The Morgan fingerprint density at radius 2 is 1.87 bits per heavy atom. The van der Waals surface area contributed by atoms with Gasteiger partial charge in [-0.25, -0.2) is 23.1 Å². The number of hydrogen-bond donors (Lipinski definition) is 2. The minimum Gasteiger partial charge on any atom is -0.382 e. The summed E-state index contributed by atoms with van der Waals surface area (Å²) in [6, 6.07) is 8.68. The molecule has 0 amide bonds. The minimum atomic E-state index is -3.64. The predicted octanol–water partition coefficient (Wildman–Crippen LogP) is 2.24. The Hall–Kier alpha value is -2.88. The van der Waals surface area contributed by atoms with Gasteiger partial charge in [0.1, 0.15) is 11.5 Å². The van der Waals surface area contributed by atoms with Gasteiger partial charge in [0.2, 0.25) is 10.0 Å². The van der Waals surface area contributed by atoms with Gasteiger partial charge in [-0.2, -0.15) is 0 Å². The molecule has 3 N–H and O–H groups in total. The Morgan fingerprint density at radius 1 is 1.10 bits per heavy atom. The van der Waals surface area contributed by atoms with Gasteiger partial charge in [-0.15, -0.1) is 0 Å². The summed E-state index contributed by atoms with van der Waals surface area (Å²) in [4.78, 5) is 15.3. The Bertz CT molecular complexity index is 1160. The van der Waals surface area contributed by atoms with E-state index in [1.165, 1.54) is 0 Å². The van der Waals surface area contributed by atoms with Crippen LogP contribution in [-0.4, -0.2) is 55.5 Å².